The van der Waals surface area contributed by atoms with E-state index in [1.54, 1.807) is 0 Å². The van der Waals surface area contributed by atoms with Crippen LogP contribution >= 0.6 is 0 Å². The van der Waals surface area contributed by atoms with Crippen molar-refractivity contribution in [2.45, 2.75) is 11.8 Å². The number of amides is 1. The molecule has 2 N–H and O–H groups in total. The van der Waals surface area contributed by atoms with Crippen LogP contribution in [-0.4, -0.2) is 44.2 Å². The van der Waals surface area contributed by atoms with Gasteiger partial charge in [-0.25, -0.2) is 18.4 Å². The van der Waals surface area contributed by atoms with Gasteiger partial charge >= 0.3 is 0 Å². The molecule has 0 unspecified atom stereocenters. The monoisotopic (exact) mass is 416 g/mol. The number of rotatable bonds is 6. The first-order chi connectivity index (χ1) is 13.7. The Bertz CT molecular complexity index is 1150. The minimum Gasteiger partial charge on any atom is -0.504 e. The highest BCUT2D eigenvalue weighted by Crippen LogP contribution is 2.35. The summed E-state index contributed by atoms with van der Waals surface area (Å²) in [6, 6.07) is 6.85. The van der Waals surface area contributed by atoms with E-state index in [4.69, 9.17) is 4.74 Å². The van der Waals surface area contributed by atoms with Gasteiger partial charge in [0.25, 0.3) is 0 Å². The van der Waals surface area contributed by atoms with Gasteiger partial charge < -0.3 is 15.2 Å². The number of aromatic nitrogens is 1. The average molecular weight is 416 g/mol. The Kier molecular flexibility index (Phi) is 6.58. The number of sulfone groups is 1. The summed E-state index contributed by atoms with van der Waals surface area (Å²) >= 11 is 0. The summed E-state index contributed by atoms with van der Waals surface area (Å²) in [6.45, 7) is 1.24. The van der Waals surface area contributed by atoms with Gasteiger partial charge in [0.1, 0.15) is 17.4 Å². The van der Waals surface area contributed by atoms with Crippen LogP contribution in [0, 0.1) is 11.3 Å². The van der Waals surface area contributed by atoms with E-state index in [2.05, 4.69) is 25.5 Å². The standard InChI is InChI=1S/C17H16N6O5S/c1-10(24)20-17-15(25)7-14(19-9-28-2)16(21-17)23-22-13-5-4-12(29(3,26)27)6-11(13)8-18/h4-7,9,25H,1-3H3,(H,20,21,24). The van der Waals surface area contributed by atoms with E-state index < -0.39 is 15.7 Å². The number of azo groups is 1. The van der Waals surface area contributed by atoms with E-state index in [-0.39, 0.29) is 39.2 Å². The highest BCUT2D eigenvalue weighted by molar-refractivity contribution is 7.90. The fraction of sp³-hybridized carbons (Fsp3) is 0.176. The zero-order valence-electron chi connectivity index (χ0n) is 15.6. The second-order valence-corrected chi connectivity index (χ2v) is 7.63. The zero-order valence-corrected chi connectivity index (χ0v) is 16.4. The maximum absolute atomic E-state index is 11.6. The molecule has 1 aromatic carbocycles. The summed E-state index contributed by atoms with van der Waals surface area (Å²) in [5.41, 5.74) is 0.158. The highest BCUT2D eigenvalue weighted by Gasteiger charge is 2.14. The van der Waals surface area contributed by atoms with E-state index >= 15 is 0 Å². The average Bonchev–Trinajstić information content (AvgIpc) is 2.65. The predicted octanol–water partition coefficient (Wildman–Crippen LogP) is 2.74. The maximum atomic E-state index is 11.6. The first-order valence-electron chi connectivity index (χ1n) is 7.88. The number of aromatic hydroxyl groups is 1. The number of pyridine rings is 1. The highest BCUT2D eigenvalue weighted by atomic mass is 32.2. The molecule has 0 fully saturated rings. The van der Waals surface area contributed by atoms with Crippen molar-refractivity contribution in [1.82, 2.24) is 4.98 Å². The third-order valence-electron chi connectivity index (χ3n) is 3.32. The van der Waals surface area contributed by atoms with Crippen LogP contribution in [0.25, 0.3) is 0 Å². The molecule has 0 aliphatic rings. The van der Waals surface area contributed by atoms with Crippen molar-refractivity contribution >= 4 is 45.2 Å². The molecule has 12 heteroatoms. The molecule has 0 aliphatic carbocycles. The maximum Gasteiger partial charge on any atom is 0.222 e. The number of nitriles is 1. The van der Waals surface area contributed by atoms with E-state index in [0.717, 1.165) is 12.7 Å². The van der Waals surface area contributed by atoms with Crippen molar-refractivity contribution in [1.29, 1.82) is 5.26 Å². The molecular weight excluding hydrogens is 400 g/mol. The van der Waals surface area contributed by atoms with Gasteiger partial charge in [-0.3, -0.25) is 4.79 Å². The minimum atomic E-state index is -3.49. The van der Waals surface area contributed by atoms with Crippen LogP contribution in [0.1, 0.15) is 12.5 Å². The number of nitrogens with zero attached hydrogens (tertiary/aromatic N) is 5. The number of methoxy groups -OCH3 is 1. The normalized spacial score (nSPS) is 11.5. The van der Waals surface area contributed by atoms with Gasteiger partial charge in [-0.1, -0.05) is 0 Å². The van der Waals surface area contributed by atoms with Crippen molar-refractivity contribution in [2.75, 3.05) is 18.7 Å². The molecule has 29 heavy (non-hydrogen) atoms. The van der Waals surface area contributed by atoms with Crippen molar-refractivity contribution in [2.24, 2.45) is 15.2 Å². The fourth-order valence-corrected chi connectivity index (χ4v) is 2.69. The van der Waals surface area contributed by atoms with Crippen LogP contribution in [0.2, 0.25) is 0 Å². The van der Waals surface area contributed by atoms with E-state index in [9.17, 15) is 23.6 Å². The Labute approximate surface area is 166 Å². The smallest absolute Gasteiger partial charge is 0.222 e. The summed E-state index contributed by atoms with van der Waals surface area (Å²) in [7, 11) is -2.13. The van der Waals surface area contributed by atoms with Crippen LogP contribution in [-0.2, 0) is 19.4 Å². The van der Waals surface area contributed by atoms with E-state index in [0.29, 0.717) is 0 Å². The molecule has 0 bridgehead atoms. The fourth-order valence-electron chi connectivity index (χ4n) is 2.04. The molecule has 0 aliphatic heterocycles. The van der Waals surface area contributed by atoms with Crippen LogP contribution in [0.5, 0.6) is 5.75 Å². The molecule has 150 valence electrons. The zero-order chi connectivity index (χ0) is 21.6. The van der Waals surface area contributed by atoms with Gasteiger partial charge in [0, 0.05) is 19.2 Å². The molecule has 0 saturated carbocycles. The lowest BCUT2D eigenvalue weighted by Gasteiger charge is -2.07. The molecule has 2 aromatic rings. The van der Waals surface area contributed by atoms with Crippen LogP contribution in [0.3, 0.4) is 0 Å². The Morgan fingerprint density at radius 3 is 2.62 bits per heavy atom. The van der Waals surface area contributed by atoms with Gasteiger partial charge in [-0.05, 0) is 18.2 Å². The van der Waals surface area contributed by atoms with Crippen LogP contribution in [0.4, 0.5) is 23.0 Å². The van der Waals surface area contributed by atoms with E-state index in [1.807, 2.05) is 6.07 Å². The molecule has 0 spiro atoms. The van der Waals surface area contributed by atoms with Gasteiger partial charge in [-0.15, -0.1) is 10.2 Å². The Hall–Kier alpha value is -3.85. The van der Waals surface area contributed by atoms with Crippen molar-refractivity contribution in [3.05, 3.63) is 29.8 Å². The third kappa shape index (κ3) is 5.56. The molecule has 1 aromatic heterocycles. The van der Waals surface area contributed by atoms with Crippen LogP contribution < -0.4 is 5.32 Å². The Morgan fingerprint density at radius 2 is 2.03 bits per heavy atom. The second kappa shape index (κ2) is 8.89. The van der Waals surface area contributed by atoms with Crippen LogP contribution in [0.15, 0.2) is 44.4 Å². The molecule has 0 saturated heterocycles. The number of carbonyl (C=O) groups is 1. The van der Waals surface area contributed by atoms with E-state index in [1.165, 1.54) is 38.3 Å². The first-order valence-corrected chi connectivity index (χ1v) is 9.77. The number of carbonyl (C=O) groups excluding carboxylic acids is 1. The summed E-state index contributed by atoms with van der Waals surface area (Å²) in [5.74, 6) is -1.06. The number of anilines is 1. The number of nitrogens with one attached hydrogen (secondary N) is 1. The molecule has 0 atom stereocenters. The summed E-state index contributed by atoms with van der Waals surface area (Å²) in [4.78, 5) is 19.2. The summed E-state index contributed by atoms with van der Waals surface area (Å²) < 4.78 is 28.0. The number of hydrogen-bond donors (Lipinski definition) is 2. The van der Waals surface area contributed by atoms with Gasteiger partial charge in [0.05, 0.1) is 17.6 Å². The lowest BCUT2D eigenvalue weighted by molar-refractivity contribution is -0.114. The van der Waals surface area contributed by atoms with Crippen molar-refractivity contribution < 1.29 is 23.1 Å². The quantitative estimate of drug-likeness (QED) is 0.415. The third-order valence-corrected chi connectivity index (χ3v) is 4.43. The van der Waals surface area contributed by atoms with Crippen molar-refractivity contribution in [3.8, 4) is 11.8 Å². The molecule has 2 rings (SSSR count). The SMILES string of the molecule is COC=Nc1cc(O)c(NC(C)=O)nc1N=Nc1ccc(S(C)(=O)=O)cc1C#N. The summed E-state index contributed by atoms with van der Waals surface area (Å²) in [6.07, 6.45) is 2.10. The number of benzene rings is 1. The predicted molar refractivity (Wildman–Crippen MR) is 104 cm³/mol. The topological polar surface area (TPSA) is 166 Å². The Balaban J connectivity index is 2.54. The van der Waals surface area contributed by atoms with Gasteiger partial charge in [-0.2, -0.15) is 5.26 Å². The molecule has 11 nitrogen and oxygen atoms in total. The first kappa shape index (κ1) is 21.5. The second-order valence-electron chi connectivity index (χ2n) is 5.61. The lowest BCUT2D eigenvalue weighted by atomic mass is 10.2. The molecule has 0 radical (unpaired) electrons. The molecule has 1 amide bonds. The number of ether oxygens (including phenoxy) is 1. The van der Waals surface area contributed by atoms with Gasteiger partial charge in [0.2, 0.25) is 11.7 Å². The summed E-state index contributed by atoms with van der Waals surface area (Å²) in [5, 5.41) is 29.4. The minimum absolute atomic E-state index is 0.0144. The molecule has 1 heterocycles. The lowest BCUT2D eigenvalue weighted by Crippen LogP contribution is -2.07. The Morgan fingerprint density at radius 1 is 1.31 bits per heavy atom. The number of hydrogen-bond acceptors (Lipinski definition) is 10. The number of aliphatic imine (C=N–C) groups is 1. The molecular formula is C17H16N6O5S. The largest absolute Gasteiger partial charge is 0.504 e. The van der Waals surface area contributed by atoms with Gasteiger partial charge in [0.15, 0.2) is 27.8 Å². The van der Waals surface area contributed by atoms with Crippen molar-refractivity contribution in [3.63, 3.8) is 0 Å².